The fraction of sp³-hybridized carbons (Fsp3) is 0.579. The lowest BCUT2D eigenvalue weighted by molar-refractivity contribution is -0.143. The predicted molar refractivity (Wildman–Crippen MR) is 112 cm³/mol. The van der Waals surface area contributed by atoms with Gasteiger partial charge in [0.1, 0.15) is 29.9 Å². The summed E-state index contributed by atoms with van der Waals surface area (Å²) in [5.74, 6) is 0.455. The molecule has 2 aromatic heterocycles. The summed E-state index contributed by atoms with van der Waals surface area (Å²) in [5, 5.41) is 0.836. The highest BCUT2D eigenvalue weighted by Crippen LogP contribution is 2.32. The molecule has 158 valence electrons. The Bertz CT molecular complexity index is 900. The van der Waals surface area contributed by atoms with Gasteiger partial charge in [-0.25, -0.2) is 14.8 Å². The average molecular weight is 468 g/mol. The first kappa shape index (κ1) is 21.4. The van der Waals surface area contributed by atoms with Crippen LogP contribution in [0.2, 0.25) is 0 Å². The summed E-state index contributed by atoms with van der Waals surface area (Å²) in [4.78, 5) is 36.8. The maximum absolute atomic E-state index is 12.3. The molecule has 10 heteroatoms. The third-order valence-corrected chi connectivity index (χ3v) is 5.02. The van der Waals surface area contributed by atoms with Gasteiger partial charge in [0.2, 0.25) is 0 Å². The van der Waals surface area contributed by atoms with Crippen LogP contribution in [-0.4, -0.2) is 69.9 Å². The van der Waals surface area contributed by atoms with E-state index in [-0.39, 0.29) is 18.6 Å². The van der Waals surface area contributed by atoms with Gasteiger partial charge in [-0.3, -0.25) is 4.79 Å². The number of aromatic nitrogens is 3. The second-order valence-corrected chi connectivity index (χ2v) is 8.61. The van der Waals surface area contributed by atoms with E-state index in [4.69, 9.17) is 9.47 Å². The van der Waals surface area contributed by atoms with Crippen LogP contribution in [-0.2, 0) is 20.8 Å². The molecule has 1 amide bonds. The van der Waals surface area contributed by atoms with Crippen molar-refractivity contribution in [2.24, 2.45) is 0 Å². The Hall–Kier alpha value is -2.36. The van der Waals surface area contributed by atoms with Crippen LogP contribution in [0, 0.1) is 0 Å². The van der Waals surface area contributed by atoms with Crippen molar-refractivity contribution < 1.29 is 19.1 Å². The smallest absolute Gasteiger partial charge is 0.410 e. The third kappa shape index (κ3) is 4.98. The molecular weight excluding hydrogens is 442 g/mol. The maximum atomic E-state index is 12.3. The van der Waals surface area contributed by atoms with Crippen molar-refractivity contribution in [2.75, 3.05) is 37.7 Å². The van der Waals surface area contributed by atoms with Gasteiger partial charge < -0.3 is 23.8 Å². The van der Waals surface area contributed by atoms with Crippen LogP contribution in [0.15, 0.2) is 17.0 Å². The van der Waals surface area contributed by atoms with Crippen molar-refractivity contribution >= 4 is 44.8 Å². The van der Waals surface area contributed by atoms with Gasteiger partial charge in [-0.15, -0.1) is 0 Å². The highest BCUT2D eigenvalue weighted by Gasteiger charge is 2.28. The summed E-state index contributed by atoms with van der Waals surface area (Å²) in [7, 11) is 0. The van der Waals surface area contributed by atoms with E-state index in [1.54, 1.807) is 16.4 Å². The summed E-state index contributed by atoms with van der Waals surface area (Å²) >= 11 is 3.57. The zero-order chi connectivity index (χ0) is 21.2. The highest BCUT2D eigenvalue weighted by atomic mass is 79.9. The van der Waals surface area contributed by atoms with Crippen LogP contribution in [0.3, 0.4) is 0 Å². The number of carbonyl (C=O) groups is 2. The van der Waals surface area contributed by atoms with Gasteiger partial charge in [-0.2, -0.15) is 0 Å². The quantitative estimate of drug-likeness (QED) is 0.638. The zero-order valence-corrected chi connectivity index (χ0v) is 18.7. The van der Waals surface area contributed by atoms with Gasteiger partial charge in [0.05, 0.1) is 12.0 Å². The molecule has 3 rings (SSSR count). The van der Waals surface area contributed by atoms with Gasteiger partial charge in [-0.1, -0.05) is 0 Å². The molecule has 0 unspecified atom stereocenters. The van der Waals surface area contributed by atoms with Crippen LogP contribution < -0.4 is 4.90 Å². The van der Waals surface area contributed by atoms with Gasteiger partial charge in [-0.05, 0) is 43.6 Å². The molecule has 0 aliphatic carbocycles. The van der Waals surface area contributed by atoms with Crippen molar-refractivity contribution in [3.63, 3.8) is 0 Å². The predicted octanol–water partition coefficient (Wildman–Crippen LogP) is 2.81. The Morgan fingerprint density at radius 1 is 1.17 bits per heavy atom. The van der Waals surface area contributed by atoms with E-state index in [9.17, 15) is 9.59 Å². The highest BCUT2D eigenvalue weighted by molar-refractivity contribution is 9.10. The number of halogens is 1. The second-order valence-electron chi connectivity index (χ2n) is 7.76. The van der Waals surface area contributed by atoms with E-state index < -0.39 is 5.60 Å². The van der Waals surface area contributed by atoms with Crippen molar-refractivity contribution in [3.8, 4) is 0 Å². The topological polar surface area (TPSA) is 89.8 Å². The molecule has 0 radical (unpaired) electrons. The van der Waals surface area contributed by atoms with E-state index in [1.807, 2.05) is 27.0 Å². The molecule has 0 N–H and O–H groups in total. The van der Waals surface area contributed by atoms with E-state index in [2.05, 4.69) is 30.8 Å². The van der Waals surface area contributed by atoms with Crippen molar-refractivity contribution in [1.29, 1.82) is 0 Å². The molecule has 29 heavy (non-hydrogen) atoms. The van der Waals surface area contributed by atoms with Crippen LogP contribution in [0.5, 0.6) is 0 Å². The summed E-state index contributed by atoms with van der Waals surface area (Å²) < 4.78 is 13.1. The Morgan fingerprint density at radius 3 is 2.48 bits per heavy atom. The summed E-state index contributed by atoms with van der Waals surface area (Å²) in [6.07, 6.45) is 3.01. The average Bonchev–Trinajstić information content (AvgIpc) is 2.96. The second kappa shape index (κ2) is 8.56. The number of fused-ring (bicyclic) bond motifs is 1. The zero-order valence-electron chi connectivity index (χ0n) is 17.1. The first-order valence-corrected chi connectivity index (χ1v) is 10.4. The first-order valence-electron chi connectivity index (χ1n) is 9.57. The summed E-state index contributed by atoms with van der Waals surface area (Å²) in [5.41, 5.74) is 0.143. The molecule has 1 aliphatic rings. The lowest BCUT2D eigenvalue weighted by Gasteiger charge is -2.36. The Labute approximate surface area is 178 Å². The third-order valence-electron chi connectivity index (χ3n) is 4.42. The largest absolute Gasteiger partial charge is 0.465 e. The molecule has 1 fully saturated rings. The van der Waals surface area contributed by atoms with E-state index in [0.29, 0.717) is 38.4 Å². The molecule has 0 saturated carbocycles. The minimum absolute atomic E-state index is 0.0822. The lowest BCUT2D eigenvalue weighted by Crippen LogP contribution is -2.50. The molecule has 0 spiro atoms. The number of carbonyl (C=O) groups excluding carboxylic acids is 2. The van der Waals surface area contributed by atoms with Crippen molar-refractivity contribution in [2.45, 2.75) is 39.8 Å². The number of amides is 1. The van der Waals surface area contributed by atoms with Crippen molar-refractivity contribution in [3.05, 3.63) is 17.0 Å². The minimum atomic E-state index is -0.514. The summed E-state index contributed by atoms with van der Waals surface area (Å²) in [6, 6.07) is 0. The molecule has 1 saturated heterocycles. The fourth-order valence-electron chi connectivity index (χ4n) is 3.19. The maximum Gasteiger partial charge on any atom is 0.410 e. The molecule has 0 atom stereocenters. The molecular formula is C19H26BrN5O4. The van der Waals surface area contributed by atoms with Crippen molar-refractivity contribution in [1.82, 2.24) is 19.4 Å². The molecule has 1 aliphatic heterocycles. The number of anilines is 1. The van der Waals surface area contributed by atoms with E-state index in [1.165, 1.54) is 6.33 Å². The standard InChI is InChI=1S/C19H26BrN5O4/c1-5-28-14(26)11-25-10-13(20)15-16(21-12-22-17(15)25)23-6-8-24(9-7-23)18(27)29-19(2,3)4/h10,12H,5-9,11H2,1-4H3. The number of hydrogen-bond donors (Lipinski definition) is 0. The Balaban J connectivity index is 1.77. The molecule has 0 aromatic carbocycles. The number of piperazine rings is 1. The molecule has 2 aromatic rings. The van der Waals surface area contributed by atoms with Gasteiger partial charge in [0, 0.05) is 36.8 Å². The SMILES string of the molecule is CCOC(=O)Cn1cc(Br)c2c(N3CCN(C(=O)OC(C)(C)C)CC3)ncnc21. The Kier molecular flexibility index (Phi) is 6.30. The fourth-order valence-corrected chi connectivity index (χ4v) is 3.80. The van der Waals surface area contributed by atoms with Crippen LogP contribution >= 0.6 is 15.9 Å². The number of ether oxygens (including phenoxy) is 2. The molecule has 9 nitrogen and oxygen atoms in total. The first-order chi connectivity index (χ1) is 13.7. The van der Waals surface area contributed by atoms with Crippen LogP contribution in [0.25, 0.3) is 11.0 Å². The van der Waals surface area contributed by atoms with E-state index in [0.717, 1.165) is 15.7 Å². The monoisotopic (exact) mass is 467 g/mol. The van der Waals surface area contributed by atoms with E-state index >= 15 is 0 Å². The number of esters is 1. The number of hydrogen-bond acceptors (Lipinski definition) is 7. The normalized spacial score (nSPS) is 14.9. The minimum Gasteiger partial charge on any atom is -0.465 e. The van der Waals surface area contributed by atoms with Gasteiger partial charge >= 0.3 is 12.1 Å². The van der Waals surface area contributed by atoms with Gasteiger partial charge in [0.15, 0.2) is 0 Å². The summed E-state index contributed by atoms with van der Waals surface area (Å²) in [6.45, 7) is 10.1. The lowest BCUT2D eigenvalue weighted by atomic mass is 10.2. The van der Waals surface area contributed by atoms with Gasteiger partial charge in [0.25, 0.3) is 0 Å². The molecule has 0 bridgehead atoms. The molecule has 3 heterocycles. The van der Waals surface area contributed by atoms with Crippen LogP contribution in [0.1, 0.15) is 27.7 Å². The number of nitrogens with zero attached hydrogens (tertiary/aromatic N) is 5. The Morgan fingerprint density at radius 2 is 1.86 bits per heavy atom. The number of rotatable bonds is 4. The van der Waals surface area contributed by atoms with Crippen LogP contribution in [0.4, 0.5) is 10.6 Å².